The Morgan fingerprint density at radius 2 is 2.05 bits per heavy atom. The molecule has 1 nitrogen and oxygen atoms in total. The van der Waals surface area contributed by atoms with Crippen molar-refractivity contribution in [3.8, 4) is 0 Å². The fraction of sp³-hybridized carbons (Fsp3) is 0.650. The lowest BCUT2D eigenvalue weighted by Gasteiger charge is -2.49. The number of benzene rings is 1. The minimum absolute atomic E-state index is 0.0589. The highest BCUT2D eigenvalue weighted by Crippen LogP contribution is 2.60. The summed E-state index contributed by atoms with van der Waals surface area (Å²) in [7, 11) is 0. The monoisotopic (exact) mass is 282 g/mol. The molecule has 2 fully saturated rings. The topological polar surface area (TPSA) is 17.1 Å². The van der Waals surface area contributed by atoms with E-state index in [0.717, 1.165) is 37.5 Å². The van der Waals surface area contributed by atoms with Crippen molar-refractivity contribution in [1.29, 1.82) is 0 Å². The third kappa shape index (κ3) is 1.79. The summed E-state index contributed by atoms with van der Waals surface area (Å²) >= 11 is 0. The number of carbonyl (C=O) groups excluding carboxylic acids is 1. The van der Waals surface area contributed by atoms with Crippen LogP contribution in [0.25, 0.3) is 0 Å². The number of hydrogen-bond donors (Lipinski definition) is 0. The fourth-order valence-corrected chi connectivity index (χ4v) is 5.93. The second-order valence-electron chi connectivity index (χ2n) is 7.63. The molecule has 4 unspecified atom stereocenters. The van der Waals surface area contributed by atoms with Gasteiger partial charge in [-0.3, -0.25) is 4.79 Å². The third-order valence-corrected chi connectivity index (χ3v) is 6.96. The first-order chi connectivity index (χ1) is 10.2. The zero-order valence-corrected chi connectivity index (χ0v) is 13.3. The van der Waals surface area contributed by atoms with Crippen molar-refractivity contribution < 1.29 is 4.79 Å². The van der Waals surface area contributed by atoms with Crippen LogP contribution in [0.1, 0.15) is 68.1 Å². The molecule has 0 bridgehead atoms. The van der Waals surface area contributed by atoms with Gasteiger partial charge in [0.05, 0.1) is 0 Å². The largest absolute Gasteiger partial charge is 0.299 e. The van der Waals surface area contributed by atoms with Gasteiger partial charge in [0.2, 0.25) is 0 Å². The molecule has 3 aliphatic carbocycles. The first-order valence-electron chi connectivity index (χ1n) is 8.78. The van der Waals surface area contributed by atoms with E-state index in [1.165, 1.54) is 24.8 Å². The second-order valence-corrected chi connectivity index (χ2v) is 7.63. The summed E-state index contributed by atoms with van der Waals surface area (Å²) in [5, 5.41) is 0. The van der Waals surface area contributed by atoms with Gasteiger partial charge >= 0.3 is 0 Å². The highest BCUT2D eigenvalue weighted by molar-refractivity contribution is 5.87. The molecule has 4 atom stereocenters. The van der Waals surface area contributed by atoms with Crippen LogP contribution in [-0.2, 0) is 11.2 Å². The molecular weight excluding hydrogens is 256 g/mol. The zero-order chi connectivity index (χ0) is 14.6. The van der Waals surface area contributed by atoms with E-state index in [2.05, 4.69) is 32.0 Å². The van der Waals surface area contributed by atoms with E-state index >= 15 is 0 Å². The number of hydrogen-bond acceptors (Lipinski definition) is 1. The molecule has 0 N–H and O–H groups in total. The Bertz CT molecular complexity index is 588. The molecule has 2 saturated carbocycles. The van der Waals surface area contributed by atoms with Crippen molar-refractivity contribution in [2.45, 2.75) is 64.7 Å². The summed E-state index contributed by atoms with van der Waals surface area (Å²) in [5.74, 6) is 2.75. The molecule has 0 amide bonds. The van der Waals surface area contributed by atoms with E-state index in [-0.39, 0.29) is 5.41 Å². The van der Waals surface area contributed by atoms with Crippen molar-refractivity contribution in [3.05, 3.63) is 34.9 Å². The Balaban J connectivity index is 1.73. The smallest absolute Gasteiger partial charge is 0.139 e. The molecule has 112 valence electrons. The lowest BCUT2D eigenvalue weighted by molar-refractivity contribution is -0.131. The molecule has 0 aliphatic heterocycles. The predicted molar refractivity (Wildman–Crippen MR) is 85.4 cm³/mol. The van der Waals surface area contributed by atoms with E-state index in [4.69, 9.17) is 0 Å². The average molecular weight is 282 g/mol. The van der Waals surface area contributed by atoms with Gasteiger partial charge in [0, 0.05) is 11.8 Å². The Hall–Kier alpha value is -1.11. The molecule has 4 rings (SSSR count). The number of ketones is 1. The third-order valence-electron chi connectivity index (χ3n) is 6.96. The Morgan fingerprint density at radius 3 is 2.86 bits per heavy atom. The maximum absolute atomic E-state index is 12.5. The van der Waals surface area contributed by atoms with Crippen molar-refractivity contribution >= 4 is 5.78 Å². The molecule has 0 radical (unpaired) electrons. The first kappa shape index (κ1) is 13.5. The average Bonchev–Trinajstić information content (AvgIpc) is 2.84. The molecule has 0 aromatic heterocycles. The molecule has 1 aromatic rings. The summed E-state index contributed by atoms with van der Waals surface area (Å²) in [6, 6.07) is 7.06. The Morgan fingerprint density at radius 1 is 1.19 bits per heavy atom. The number of carbonyl (C=O) groups is 1. The maximum atomic E-state index is 12.5. The van der Waals surface area contributed by atoms with Crippen LogP contribution >= 0.6 is 0 Å². The summed E-state index contributed by atoms with van der Waals surface area (Å²) in [6.45, 7) is 4.45. The standard InChI is InChI=1S/C20H26O/c1-3-20-11-10-16-15-6-4-13(2)12-14(15)5-7-17(16)18(20)8-9-19(20)21/h4,6,12,16-18H,3,5,7-11H2,1-2H3. The van der Waals surface area contributed by atoms with Crippen LogP contribution in [-0.4, -0.2) is 5.78 Å². The van der Waals surface area contributed by atoms with Gasteiger partial charge in [-0.25, -0.2) is 0 Å². The van der Waals surface area contributed by atoms with Gasteiger partial charge in [-0.1, -0.05) is 30.7 Å². The summed E-state index contributed by atoms with van der Waals surface area (Å²) in [5.41, 5.74) is 4.65. The van der Waals surface area contributed by atoms with E-state index in [1.54, 1.807) is 11.1 Å². The minimum Gasteiger partial charge on any atom is -0.299 e. The normalized spacial score (nSPS) is 37.8. The lowest BCUT2D eigenvalue weighted by atomic mass is 9.54. The van der Waals surface area contributed by atoms with Gasteiger partial charge < -0.3 is 0 Å². The maximum Gasteiger partial charge on any atom is 0.139 e. The van der Waals surface area contributed by atoms with E-state index in [1.807, 2.05) is 0 Å². The van der Waals surface area contributed by atoms with E-state index < -0.39 is 0 Å². The van der Waals surface area contributed by atoms with Gasteiger partial charge in [-0.15, -0.1) is 0 Å². The molecular formula is C20H26O. The summed E-state index contributed by atoms with van der Waals surface area (Å²) < 4.78 is 0. The highest BCUT2D eigenvalue weighted by Gasteiger charge is 2.56. The van der Waals surface area contributed by atoms with Crippen molar-refractivity contribution in [3.63, 3.8) is 0 Å². The predicted octanol–water partition coefficient (Wildman–Crippen LogP) is 4.81. The van der Waals surface area contributed by atoms with Crippen LogP contribution in [0.4, 0.5) is 0 Å². The molecule has 0 spiro atoms. The summed E-state index contributed by atoms with van der Waals surface area (Å²) in [6.07, 6.45) is 7.99. The van der Waals surface area contributed by atoms with Crippen LogP contribution in [0.3, 0.4) is 0 Å². The number of Topliss-reactive ketones (excluding diaryl/α,β-unsaturated/α-hetero) is 1. The van der Waals surface area contributed by atoms with Gasteiger partial charge in [-0.05, 0) is 74.3 Å². The number of rotatable bonds is 1. The molecule has 0 saturated heterocycles. The van der Waals surface area contributed by atoms with Crippen LogP contribution in [0.2, 0.25) is 0 Å². The van der Waals surface area contributed by atoms with Crippen LogP contribution in [0.15, 0.2) is 18.2 Å². The molecule has 0 heterocycles. The highest BCUT2D eigenvalue weighted by atomic mass is 16.1. The van der Waals surface area contributed by atoms with Crippen molar-refractivity contribution in [2.75, 3.05) is 0 Å². The van der Waals surface area contributed by atoms with Crippen molar-refractivity contribution in [1.82, 2.24) is 0 Å². The molecule has 1 heteroatoms. The molecule has 3 aliphatic rings. The number of aryl methyl sites for hydroxylation is 2. The van der Waals surface area contributed by atoms with E-state index in [0.29, 0.717) is 11.7 Å². The quantitative estimate of drug-likeness (QED) is 0.722. The van der Waals surface area contributed by atoms with Crippen molar-refractivity contribution in [2.24, 2.45) is 17.3 Å². The first-order valence-corrected chi connectivity index (χ1v) is 8.78. The van der Waals surface area contributed by atoms with Crippen LogP contribution in [0, 0.1) is 24.2 Å². The zero-order valence-electron chi connectivity index (χ0n) is 13.3. The van der Waals surface area contributed by atoms with Gasteiger partial charge in [0.25, 0.3) is 0 Å². The molecule has 1 aromatic carbocycles. The van der Waals surface area contributed by atoms with Crippen LogP contribution in [0.5, 0.6) is 0 Å². The summed E-state index contributed by atoms with van der Waals surface area (Å²) in [4.78, 5) is 12.5. The number of fused-ring (bicyclic) bond motifs is 5. The minimum atomic E-state index is 0.0589. The SMILES string of the molecule is CCC12CCC3c4ccc(C)cc4CCC3C1CCC2=O. The van der Waals surface area contributed by atoms with Gasteiger partial charge in [0.1, 0.15) is 5.78 Å². The van der Waals surface area contributed by atoms with Gasteiger partial charge in [-0.2, -0.15) is 0 Å². The van der Waals surface area contributed by atoms with Gasteiger partial charge in [0.15, 0.2) is 0 Å². The van der Waals surface area contributed by atoms with Crippen LogP contribution < -0.4 is 0 Å². The second kappa shape index (κ2) is 4.69. The van der Waals surface area contributed by atoms with E-state index in [9.17, 15) is 4.79 Å². The fourth-order valence-electron chi connectivity index (χ4n) is 5.93. The lowest BCUT2D eigenvalue weighted by Crippen LogP contribution is -2.44. The Labute approximate surface area is 128 Å². The molecule has 21 heavy (non-hydrogen) atoms. The Kier molecular flexibility index (Phi) is 3.03.